The van der Waals surface area contributed by atoms with Crippen molar-refractivity contribution in [3.05, 3.63) is 53.7 Å². The number of urea groups is 1. The van der Waals surface area contributed by atoms with Gasteiger partial charge in [0.05, 0.1) is 18.7 Å². The number of carbonyl (C=O) groups is 1. The van der Waals surface area contributed by atoms with Crippen molar-refractivity contribution in [1.29, 1.82) is 5.26 Å². The Morgan fingerprint density at radius 2 is 1.97 bits per heavy atom. The molecular weight excluding hydrogens is 378 g/mol. The molecule has 0 spiro atoms. The number of nitrogens with zero attached hydrogens (tertiary/aromatic N) is 4. The van der Waals surface area contributed by atoms with Gasteiger partial charge >= 0.3 is 6.03 Å². The molecule has 156 valence electrons. The van der Waals surface area contributed by atoms with Crippen LogP contribution in [0.15, 0.2) is 42.6 Å². The molecule has 2 aliphatic heterocycles. The molecule has 2 aliphatic rings. The van der Waals surface area contributed by atoms with Crippen LogP contribution >= 0.6 is 0 Å². The summed E-state index contributed by atoms with van der Waals surface area (Å²) in [6.45, 7) is 2.43. The average Bonchev–Trinajstić information content (AvgIpc) is 3.29. The van der Waals surface area contributed by atoms with Crippen molar-refractivity contribution < 1.29 is 9.53 Å². The molecule has 1 aromatic heterocycles. The molecule has 2 amide bonds. The number of hydrogen-bond donors (Lipinski definition) is 1. The molecule has 1 unspecified atom stereocenters. The summed E-state index contributed by atoms with van der Waals surface area (Å²) in [6, 6.07) is 14.0. The highest BCUT2D eigenvalue weighted by Gasteiger charge is 2.33. The number of carbonyl (C=O) groups excluding carboxylic acids is 1. The van der Waals surface area contributed by atoms with Crippen molar-refractivity contribution in [2.75, 3.05) is 31.6 Å². The van der Waals surface area contributed by atoms with Gasteiger partial charge < -0.3 is 19.9 Å². The van der Waals surface area contributed by atoms with Gasteiger partial charge in [0, 0.05) is 37.4 Å². The highest BCUT2D eigenvalue weighted by Crippen LogP contribution is 2.37. The zero-order chi connectivity index (χ0) is 20.9. The van der Waals surface area contributed by atoms with Crippen LogP contribution in [0.1, 0.15) is 42.9 Å². The first kappa shape index (κ1) is 20.0. The average molecular weight is 406 g/mol. The number of para-hydroxylation sites is 1. The highest BCUT2D eigenvalue weighted by atomic mass is 16.5. The van der Waals surface area contributed by atoms with E-state index in [1.165, 1.54) is 0 Å². The summed E-state index contributed by atoms with van der Waals surface area (Å²) in [4.78, 5) is 21.6. The number of ether oxygens (including phenoxy) is 1. The number of amides is 2. The minimum atomic E-state index is 0.0124. The zero-order valence-electron chi connectivity index (χ0n) is 17.3. The molecule has 1 aromatic carbocycles. The van der Waals surface area contributed by atoms with Gasteiger partial charge in [0.2, 0.25) is 0 Å². The predicted octanol–water partition coefficient (Wildman–Crippen LogP) is 3.48. The van der Waals surface area contributed by atoms with Crippen molar-refractivity contribution >= 4 is 11.8 Å². The summed E-state index contributed by atoms with van der Waals surface area (Å²) in [6.07, 6.45) is 5.31. The molecule has 2 fully saturated rings. The van der Waals surface area contributed by atoms with E-state index in [1.807, 2.05) is 29.2 Å². The molecule has 1 atom stereocenters. The third-order valence-corrected chi connectivity index (χ3v) is 6.04. The van der Waals surface area contributed by atoms with E-state index in [-0.39, 0.29) is 18.1 Å². The number of hydrogen-bond acceptors (Lipinski definition) is 5. The largest absolute Gasteiger partial charge is 0.496 e. The number of methoxy groups -OCH3 is 1. The van der Waals surface area contributed by atoms with Gasteiger partial charge in [-0.25, -0.2) is 9.78 Å². The molecular formula is C23H27N5O2. The van der Waals surface area contributed by atoms with E-state index < -0.39 is 0 Å². The van der Waals surface area contributed by atoms with E-state index in [9.17, 15) is 4.79 Å². The van der Waals surface area contributed by atoms with E-state index in [0.717, 1.165) is 62.4 Å². The fraction of sp³-hybridized carbons (Fsp3) is 0.435. The molecule has 0 aliphatic carbocycles. The van der Waals surface area contributed by atoms with Crippen molar-refractivity contribution in [3.63, 3.8) is 0 Å². The van der Waals surface area contributed by atoms with Crippen LogP contribution in [0.25, 0.3) is 0 Å². The fourth-order valence-corrected chi connectivity index (χ4v) is 4.42. The standard InChI is InChI=1S/C23H27N5O2/c1-30-21-7-3-2-5-19(21)20-6-4-12-28(20)23(29)26-18-10-13-27(14-11-18)22-9-8-17(15-24)16-25-22/h2-3,5,7-9,16,18,20H,4,6,10-14H2,1H3,(H,26,29). The first-order valence-electron chi connectivity index (χ1n) is 10.5. The smallest absolute Gasteiger partial charge is 0.318 e. The molecule has 2 aromatic rings. The van der Waals surface area contributed by atoms with Gasteiger partial charge in [-0.05, 0) is 43.9 Å². The second-order valence-electron chi connectivity index (χ2n) is 7.82. The van der Waals surface area contributed by atoms with Crippen LogP contribution in [0.3, 0.4) is 0 Å². The SMILES string of the molecule is COc1ccccc1C1CCCN1C(=O)NC1CCN(c2ccc(C#N)cn2)CC1. The summed E-state index contributed by atoms with van der Waals surface area (Å²) in [5, 5.41) is 12.2. The predicted molar refractivity (Wildman–Crippen MR) is 114 cm³/mol. The molecule has 0 saturated carbocycles. The number of likely N-dealkylation sites (tertiary alicyclic amines) is 1. The lowest BCUT2D eigenvalue weighted by molar-refractivity contribution is 0.186. The molecule has 1 N–H and O–H groups in total. The van der Waals surface area contributed by atoms with Crippen LogP contribution in [-0.2, 0) is 0 Å². The molecule has 0 radical (unpaired) electrons. The van der Waals surface area contributed by atoms with Gasteiger partial charge in [-0.15, -0.1) is 0 Å². The summed E-state index contributed by atoms with van der Waals surface area (Å²) in [5.41, 5.74) is 1.64. The second-order valence-corrected chi connectivity index (χ2v) is 7.82. The van der Waals surface area contributed by atoms with Gasteiger partial charge in [-0.2, -0.15) is 5.26 Å². The van der Waals surface area contributed by atoms with Gasteiger partial charge in [-0.1, -0.05) is 18.2 Å². The Morgan fingerprint density at radius 1 is 1.17 bits per heavy atom. The minimum absolute atomic E-state index is 0.0124. The summed E-state index contributed by atoms with van der Waals surface area (Å²) < 4.78 is 5.52. The number of rotatable bonds is 4. The minimum Gasteiger partial charge on any atom is -0.496 e. The Hall–Kier alpha value is -3.27. The van der Waals surface area contributed by atoms with Crippen LogP contribution in [-0.4, -0.2) is 48.7 Å². The number of nitriles is 1. The van der Waals surface area contributed by atoms with Crippen LogP contribution in [0, 0.1) is 11.3 Å². The van der Waals surface area contributed by atoms with Crippen LogP contribution < -0.4 is 15.0 Å². The number of piperidine rings is 1. The molecule has 3 heterocycles. The third-order valence-electron chi connectivity index (χ3n) is 6.04. The Bertz CT molecular complexity index is 916. The molecule has 0 bridgehead atoms. The van der Waals surface area contributed by atoms with E-state index in [1.54, 1.807) is 19.4 Å². The Labute approximate surface area is 177 Å². The first-order chi connectivity index (χ1) is 14.7. The fourth-order valence-electron chi connectivity index (χ4n) is 4.42. The van der Waals surface area contributed by atoms with Crippen LogP contribution in [0.5, 0.6) is 5.75 Å². The lowest BCUT2D eigenvalue weighted by Gasteiger charge is -2.35. The van der Waals surface area contributed by atoms with Crippen molar-refractivity contribution in [2.24, 2.45) is 0 Å². The maximum atomic E-state index is 13.0. The summed E-state index contributed by atoms with van der Waals surface area (Å²) >= 11 is 0. The summed E-state index contributed by atoms with van der Waals surface area (Å²) in [5.74, 6) is 1.72. The molecule has 30 heavy (non-hydrogen) atoms. The van der Waals surface area contributed by atoms with E-state index in [2.05, 4.69) is 27.3 Å². The summed E-state index contributed by atoms with van der Waals surface area (Å²) in [7, 11) is 1.68. The number of nitrogens with one attached hydrogen (secondary N) is 1. The number of aromatic nitrogens is 1. The molecule has 7 nitrogen and oxygen atoms in total. The topological polar surface area (TPSA) is 81.5 Å². The Balaban J connectivity index is 1.34. The normalized spacial score (nSPS) is 19.4. The van der Waals surface area contributed by atoms with Crippen molar-refractivity contribution in [2.45, 2.75) is 37.8 Å². The van der Waals surface area contributed by atoms with Crippen LogP contribution in [0.2, 0.25) is 0 Å². The molecule has 7 heteroatoms. The van der Waals surface area contributed by atoms with Gasteiger partial charge in [0.25, 0.3) is 0 Å². The maximum absolute atomic E-state index is 13.0. The van der Waals surface area contributed by atoms with E-state index in [0.29, 0.717) is 5.56 Å². The number of pyridine rings is 1. The lowest BCUT2D eigenvalue weighted by atomic mass is 10.0. The van der Waals surface area contributed by atoms with Crippen molar-refractivity contribution in [3.8, 4) is 11.8 Å². The quantitative estimate of drug-likeness (QED) is 0.842. The third kappa shape index (κ3) is 4.18. The van der Waals surface area contributed by atoms with Gasteiger partial charge in [-0.3, -0.25) is 0 Å². The Morgan fingerprint density at radius 3 is 2.67 bits per heavy atom. The van der Waals surface area contributed by atoms with E-state index in [4.69, 9.17) is 10.00 Å². The molecule has 4 rings (SSSR count). The van der Waals surface area contributed by atoms with Gasteiger partial charge in [0.15, 0.2) is 0 Å². The monoisotopic (exact) mass is 405 g/mol. The second kappa shape index (κ2) is 9.04. The van der Waals surface area contributed by atoms with Gasteiger partial charge in [0.1, 0.15) is 17.6 Å². The highest BCUT2D eigenvalue weighted by molar-refractivity contribution is 5.75. The van der Waals surface area contributed by atoms with Crippen LogP contribution in [0.4, 0.5) is 10.6 Å². The lowest BCUT2D eigenvalue weighted by Crippen LogP contribution is -2.49. The van der Waals surface area contributed by atoms with E-state index >= 15 is 0 Å². The number of anilines is 1. The first-order valence-corrected chi connectivity index (χ1v) is 10.5. The number of benzene rings is 1. The molecule has 2 saturated heterocycles. The Kier molecular flexibility index (Phi) is 6.03. The zero-order valence-corrected chi connectivity index (χ0v) is 17.3. The van der Waals surface area contributed by atoms with Crippen molar-refractivity contribution in [1.82, 2.24) is 15.2 Å². The maximum Gasteiger partial charge on any atom is 0.318 e.